The third-order valence-electron chi connectivity index (χ3n) is 5.09. The molecule has 6 nitrogen and oxygen atoms in total. The van der Waals surface area contributed by atoms with Crippen LogP contribution >= 0.6 is 27.5 Å². The average Bonchev–Trinajstić information content (AvgIpc) is 2.81. The number of ether oxygens (including phenoxy) is 2. The van der Waals surface area contributed by atoms with Gasteiger partial charge in [-0.25, -0.2) is 0 Å². The number of nitrogens with zero attached hydrogens (tertiary/aromatic N) is 1. The number of nitrogens with one attached hydrogen (secondary N) is 1. The van der Waals surface area contributed by atoms with Crippen molar-refractivity contribution in [3.8, 4) is 11.5 Å². The molecule has 0 spiro atoms. The van der Waals surface area contributed by atoms with Gasteiger partial charge in [0.1, 0.15) is 0 Å². The maximum absolute atomic E-state index is 13.8. The van der Waals surface area contributed by atoms with E-state index in [4.69, 9.17) is 21.1 Å². The Labute approximate surface area is 211 Å². The maximum atomic E-state index is 13.8. The van der Waals surface area contributed by atoms with Gasteiger partial charge in [0.05, 0.1) is 0 Å². The molecular formula is C23H22BrClCoN2O4S. The van der Waals surface area contributed by atoms with Crippen molar-refractivity contribution in [3.05, 3.63) is 70.2 Å². The molecule has 4 rings (SSSR count). The first-order valence-corrected chi connectivity index (χ1v) is 14.4. The summed E-state index contributed by atoms with van der Waals surface area (Å²) in [5, 5.41) is 3.94. The van der Waals surface area contributed by atoms with E-state index >= 15 is 0 Å². The zero-order valence-corrected chi connectivity index (χ0v) is 22.3. The summed E-state index contributed by atoms with van der Waals surface area (Å²) in [6, 6.07) is 17.7. The number of fused-ring (bicyclic) bond motifs is 1. The summed E-state index contributed by atoms with van der Waals surface area (Å²) < 4.78 is 42.4. The van der Waals surface area contributed by atoms with E-state index in [0.29, 0.717) is 22.2 Å². The fraction of sp³-hybridized carbons (Fsp3) is 0.174. The van der Waals surface area contributed by atoms with Crippen LogP contribution in [0.15, 0.2) is 70.0 Å². The number of hydrogen-bond acceptors (Lipinski definition) is 5. The second kappa shape index (κ2) is 9.67. The van der Waals surface area contributed by atoms with Crippen LogP contribution in [0.3, 0.4) is 0 Å². The Morgan fingerprint density at radius 3 is 2.45 bits per heavy atom. The Kier molecular flexibility index (Phi) is 7.06. The molecule has 0 bridgehead atoms. The van der Waals surface area contributed by atoms with Crippen molar-refractivity contribution in [2.75, 3.05) is 30.4 Å². The van der Waals surface area contributed by atoms with Gasteiger partial charge in [0.2, 0.25) is 0 Å². The Hall–Kier alpha value is -2.04. The average molecular weight is 597 g/mol. The molecule has 1 aliphatic heterocycles. The molecule has 1 aliphatic rings. The van der Waals surface area contributed by atoms with Crippen molar-refractivity contribution in [3.63, 3.8) is 0 Å². The quantitative estimate of drug-likeness (QED) is 0.440. The number of halogens is 2. The van der Waals surface area contributed by atoms with E-state index in [9.17, 15) is 8.42 Å². The number of anilines is 2. The molecule has 0 unspecified atom stereocenters. The van der Waals surface area contributed by atoms with E-state index in [1.807, 2.05) is 30.3 Å². The predicted molar refractivity (Wildman–Crippen MR) is 134 cm³/mol. The molecular weight excluding hydrogens is 575 g/mol. The van der Waals surface area contributed by atoms with Gasteiger partial charge >= 0.3 is 212 Å². The molecule has 0 aliphatic carbocycles. The molecule has 33 heavy (non-hydrogen) atoms. The van der Waals surface area contributed by atoms with E-state index in [0.717, 1.165) is 19.2 Å². The van der Waals surface area contributed by atoms with Gasteiger partial charge in [-0.05, 0) is 0 Å². The van der Waals surface area contributed by atoms with Gasteiger partial charge in [-0.2, -0.15) is 0 Å². The van der Waals surface area contributed by atoms with Gasteiger partial charge < -0.3 is 0 Å². The van der Waals surface area contributed by atoms with Crippen LogP contribution in [0.5, 0.6) is 11.5 Å². The molecule has 3 aromatic rings. The van der Waals surface area contributed by atoms with Gasteiger partial charge in [-0.15, -0.1) is 0 Å². The van der Waals surface area contributed by atoms with E-state index < -0.39 is 23.2 Å². The normalized spacial score (nSPS) is 14.6. The standard InChI is InChI=1S/C22H19BrClN2O4S.CH3.Co/c1-29-21-11-10-18(15-22(21)30-2)31(27,28)26(17-7-5-6-16(24)14-17)13-12-25-20-9-4-3-8-19(20)23;;/h3-6,8-11,14-15,25H,13H2,1-2H3;1H3;. The summed E-state index contributed by atoms with van der Waals surface area (Å²) in [5.74, 6) is 2.91. The number of methoxy groups -OCH3 is 2. The number of benzene rings is 3. The topological polar surface area (TPSA) is 67.9 Å². The SMILES string of the molecule is COc1ccc(S(=O)(=O)N2C[C](Nc3ccccc3Br)=[Co]([CH3])[c]3ccc(Cl)cc32)cc1OC. The van der Waals surface area contributed by atoms with Gasteiger partial charge in [0.25, 0.3) is 0 Å². The first-order chi connectivity index (χ1) is 15.8. The number of sulfonamides is 1. The van der Waals surface area contributed by atoms with E-state index in [1.54, 1.807) is 18.2 Å². The van der Waals surface area contributed by atoms with Crippen molar-refractivity contribution in [2.45, 2.75) is 10.8 Å². The molecule has 0 fully saturated rings. The molecule has 3 aromatic carbocycles. The van der Waals surface area contributed by atoms with Crippen molar-refractivity contribution in [2.24, 2.45) is 0 Å². The van der Waals surface area contributed by atoms with E-state index in [1.165, 1.54) is 30.7 Å². The summed E-state index contributed by atoms with van der Waals surface area (Å²) in [7, 11) is -0.951. The first kappa shape index (κ1) is 24.1. The molecule has 10 heteroatoms. The summed E-state index contributed by atoms with van der Waals surface area (Å²) in [6.07, 6.45) is 0. The van der Waals surface area contributed by atoms with Crippen LogP contribution in [-0.4, -0.2) is 33.8 Å². The Balaban J connectivity index is 1.83. The molecule has 0 saturated carbocycles. The Morgan fingerprint density at radius 1 is 1.03 bits per heavy atom. The second-order valence-corrected chi connectivity index (χ2v) is 12.6. The van der Waals surface area contributed by atoms with Crippen molar-refractivity contribution in [1.29, 1.82) is 0 Å². The van der Waals surface area contributed by atoms with Crippen molar-refractivity contribution in [1.82, 2.24) is 0 Å². The molecule has 0 radical (unpaired) electrons. The van der Waals surface area contributed by atoms with E-state index in [-0.39, 0.29) is 11.4 Å². The summed E-state index contributed by atoms with van der Waals surface area (Å²) in [6.45, 7) is 0.173. The molecule has 0 amide bonds. The van der Waals surface area contributed by atoms with Crippen LogP contribution in [0.25, 0.3) is 0 Å². The second-order valence-electron chi connectivity index (χ2n) is 7.00. The Bertz CT molecular complexity index is 1360. The summed E-state index contributed by atoms with van der Waals surface area (Å²) in [4.78, 5) is 0.105. The summed E-state index contributed by atoms with van der Waals surface area (Å²) >= 11 is 9.06. The molecule has 0 saturated heterocycles. The zero-order valence-electron chi connectivity index (χ0n) is 18.1. The van der Waals surface area contributed by atoms with Crippen LogP contribution in [-0.2, 0) is 23.2 Å². The van der Waals surface area contributed by atoms with Crippen molar-refractivity contribution >= 4 is 58.0 Å². The van der Waals surface area contributed by atoms with Crippen LogP contribution in [0, 0.1) is 0 Å². The molecule has 1 N–H and O–H groups in total. The monoisotopic (exact) mass is 595 g/mol. The first-order valence-electron chi connectivity index (χ1n) is 9.69. The van der Waals surface area contributed by atoms with Gasteiger partial charge in [0, 0.05) is 0 Å². The minimum absolute atomic E-state index is 0.105. The van der Waals surface area contributed by atoms with Crippen LogP contribution in [0.4, 0.5) is 11.4 Å². The van der Waals surface area contributed by atoms with Gasteiger partial charge in [-0.1, -0.05) is 0 Å². The third kappa shape index (κ3) is 4.65. The predicted octanol–water partition coefficient (Wildman–Crippen LogP) is 4.86. The molecule has 177 valence electrons. The molecule has 0 atom stereocenters. The molecule has 0 aromatic heterocycles. The minimum atomic E-state index is -3.93. The fourth-order valence-corrected chi connectivity index (χ4v) is 7.62. The van der Waals surface area contributed by atoms with Gasteiger partial charge in [0.15, 0.2) is 0 Å². The summed E-state index contributed by atoms with van der Waals surface area (Å²) in [5.41, 5.74) is 1.46. The number of para-hydroxylation sites is 1. The number of rotatable bonds is 6. The van der Waals surface area contributed by atoms with Gasteiger partial charge in [-0.3, -0.25) is 0 Å². The van der Waals surface area contributed by atoms with E-state index in [2.05, 4.69) is 27.1 Å². The Morgan fingerprint density at radius 2 is 1.76 bits per heavy atom. The van der Waals surface area contributed by atoms with Crippen LogP contribution in [0.1, 0.15) is 0 Å². The number of hydrogen-bond donors (Lipinski definition) is 1. The third-order valence-corrected chi connectivity index (χ3v) is 10.3. The van der Waals surface area contributed by atoms with Crippen molar-refractivity contribution < 1.29 is 31.1 Å². The fourth-order valence-electron chi connectivity index (χ4n) is 3.39. The van der Waals surface area contributed by atoms with Crippen LogP contribution in [0.2, 0.25) is 10.9 Å². The van der Waals surface area contributed by atoms with Crippen LogP contribution < -0.4 is 23.6 Å². The molecule has 1 heterocycles. The zero-order chi connectivity index (χ0) is 23.8.